The SMILES string of the molecule is Cc1ccc(C(N)C2(N(C)C)CCCC2)cc1. The molecule has 1 saturated carbocycles. The van der Waals surface area contributed by atoms with E-state index in [1.165, 1.54) is 36.8 Å². The number of nitrogens with zero attached hydrogens (tertiary/aromatic N) is 1. The fraction of sp³-hybridized carbons (Fsp3) is 0.600. The van der Waals surface area contributed by atoms with E-state index in [1.54, 1.807) is 0 Å². The van der Waals surface area contributed by atoms with Crippen molar-refractivity contribution in [2.75, 3.05) is 14.1 Å². The van der Waals surface area contributed by atoms with E-state index in [2.05, 4.69) is 50.2 Å². The minimum absolute atomic E-state index is 0.126. The Morgan fingerprint density at radius 3 is 2.12 bits per heavy atom. The van der Waals surface area contributed by atoms with E-state index in [9.17, 15) is 0 Å². The van der Waals surface area contributed by atoms with Crippen molar-refractivity contribution >= 4 is 0 Å². The van der Waals surface area contributed by atoms with Crippen molar-refractivity contribution in [1.29, 1.82) is 0 Å². The molecule has 1 aliphatic carbocycles. The summed E-state index contributed by atoms with van der Waals surface area (Å²) in [7, 11) is 4.33. The van der Waals surface area contributed by atoms with Gasteiger partial charge in [0.15, 0.2) is 0 Å². The fourth-order valence-electron chi connectivity index (χ4n) is 3.11. The molecule has 0 heterocycles. The van der Waals surface area contributed by atoms with Gasteiger partial charge < -0.3 is 10.6 Å². The normalized spacial score (nSPS) is 20.8. The summed E-state index contributed by atoms with van der Waals surface area (Å²) in [5, 5.41) is 0. The van der Waals surface area contributed by atoms with Gasteiger partial charge in [0.2, 0.25) is 0 Å². The topological polar surface area (TPSA) is 29.3 Å². The van der Waals surface area contributed by atoms with Gasteiger partial charge in [0.25, 0.3) is 0 Å². The Morgan fingerprint density at radius 2 is 1.65 bits per heavy atom. The maximum Gasteiger partial charge on any atom is 0.0481 e. The maximum atomic E-state index is 6.54. The van der Waals surface area contributed by atoms with E-state index in [0.29, 0.717) is 0 Å². The molecule has 0 spiro atoms. The summed E-state index contributed by atoms with van der Waals surface area (Å²) >= 11 is 0. The van der Waals surface area contributed by atoms with E-state index in [4.69, 9.17) is 5.73 Å². The van der Waals surface area contributed by atoms with Crippen LogP contribution in [0.5, 0.6) is 0 Å². The molecular formula is C15H24N2. The predicted molar refractivity (Wildman–Crippen MR) is 73.0 cm³/mol. The summed E-state index contributed by atoms with van der Waals surface area (Å²) in [5.41, 5.74) is 9.27. The quantitative estimate of drug-likeness (QED) is 0.868. The van der Waals surface area contributed by atoms with Crippen molar-refractivity contribution in [3.63, 3.8) is 0 Å². The molecular weight excluding hydrogens is 208 g/mol. The van der Waals surface area contributed by atoms with Gasteiger partial charge in [-0.15, -0.1) is 0 Å². The number of rotatable bonds is 3. The highest BCUT2D eigenvalue weighted by molar-refractivity contribution is 5.27. The lowest BCUT2D eigenvalue weighted by Crippen LogP contribution is -2.50. The summed E-state index contributed by atoms with van der Waals surface area (Å²) < 4.78 is 0. The van der Waals surface area contributed by atoms with E-state index in [0.717, 1.165) is 0 Å². The van der Waals surface area contributed by atoms with Crippen LogP contribution in [0.2, 0.25) is 0 Å². The Balaban J connectivity index is 2.28. The average molecular weight is 232 g/mol. The Hall–Kier alpha value is -0.860. The van der Waals surface area contributed by atoms with Crippen molar-refractivity contribution < 1.29 is 0 Å². The van der Waals surface area contributed by atoms with Gasteiger partial charge in [-0.05, 0) is 39.4 Å². The molecule has 1 aromatic rings. The molecule has 1 unspecified atom stereocenters. The van der Waals surface area contributed by atoms with Crippen LogP contribution < -0.4 is 5.73 Å². The number of likely N-dealkylation sites (N-methyl/N-ethyl adjacent to an activating group) is 1. The third-order valence-electron chi connectivity index (χ3n) is 4.38. The summed E-state index contributed by atoms with van der Waals surface area (Å²) in [4.78, 5) is 2.34. The number of hydrogen-bond donors (Lipinski definition) is 1. The van der Waals surface area contributed by atoms with E-state index in [1.807, 2.05) is 0 Å². The Labute approximate surface area is 105 Å². The molecule has 0 bridgehead atoms. The fourth-order valence-corrected chi connectivity index (χ4v) is 3.11. The Kier molecular flexibility index (Phi) is 3.55. The first kappa shape index (κ1) is 12.6. The first-order chi connectivity index (χ1) is 8.06. The van der Waals surface area contributed by atoms with Gasteiger partial charge in [-0.25, -0.2) is 0 Å². The van der Waals surface area contributed by atoms with Crippen molar-refractivity contribution in [2.24, 2.45) is 5.73 Å². The number of benzene rings is 1. The molecule has 94 valence electrons. The van der Waals surface area contributed by atoms with E-state index in [-0.39, 0.29) is 11.6 Å². The minimum atomic E-state index is 0.126. The lowest BCUT2D eigenvalue weighted by molar-refractivity contribution is 0.123. The Bertz CT molecular complexity index is 361. The lowest BCUT2D eigenvalue weighted by atomic mass is 9.83. The third kappa shape index (κ3) is 2.24. The van der Waals surface area contributed by atoms with Gasteiger partial charge in [-0.2, -0.15) is 0 Å². The second kappa shape index (κ2) is 4.79. The average Bonchev–Trinajstić information content (AvgIpc) is 2.79. The molecule has 2 N–H and O–H groups in total. The number of nitrogens with two attached hydrogens (primary N) is 1. The summed E-state index contributed by atoms with van der Waals surface area (Å²) in [6.07, 6.45) is 5.04. The molecule has 2 heteroatoms. The summed E-state index contributed by atoms with van der Waals surface area (Å²) in [6.45, 7) is 2.12. The molecule has 1 atom stereocenters. The van der Waals surface area contributed by atoms with Crippen molar-refractivity contribution in [3.05, 3.63) is 35.4 Å². The lowest BCUT2D eigenvalue weighted by Gasteiger charge is -2.41. The zero-order valence-electron chi connectivity index (χ0n) is 11.2. The van der Waals surface area contributed by atoms with Crippen LogP contribution in [0.25, 0.3) is 0 Å². The monoisotopic (exact) mass is 232 g/mol. The molecule has 1 aromatic carbocycles. The van der Waals surface area contributed by atoms with Crippen molar-refractivity contribution in [1.82, 2.24) is 4.90 Å². The molecule has 0 amide bonds. The summed E-state index contributed by atoms with van der Waals surface area (Å²) in [6, 6.07) is 8.81. The second-order valence-corrected chi connectivity index (χ2v) is 5.59. The maximum absolute atomic E-state index is 6.54. The highest BCUT2D eigenvalue weighted by Crippen LogP contribution is 2.42. The highest BCUT2D eigenvalue weighted by atomic mass is 15.2. The molecule has 0 saturated heterocycles. The number of aryl methyl sites for hydroxylation is 1. The third-order valence-corrected chi connectivity index (χ3v) is 4.38. The standard InChI is InChI=1S/C15H24N2/c1-12-6-8-13(9-7-12)14(16)15(17(2)3)10-4-5-11-15/h6-9,14H,4-5,10-11,16H2,1-3H3. The van der Waals surface area contributed by atoms with Gasteiger partial charge in [-0.3, -0.25) is 0 Å². The van der Waals surface area contributed by atoms with Crippen molar-refractivity contribution in [3.8, 4) is 0 Å². The first-order valence-electron chi connectivity index (χ1n) is 6.56. The molecule has 0 radical (unpaired) electrons. The van der Waals surface area contributed by atoms with Gasteiger partial charge in [0.05, 0.1) is 0 Å². The van der Waals surface area contributed by atoms with Crippen LogP contribution in [0.4, 0.5) is 0 Å². The van der Waals surface area contributed by atoms with Gasteiger partial charge >= 0.3 is 0 Å². The summed E-state index contributed by atoms with van der Waals surface area (Å²) in [5.74, 6) is 0. The zero-order chi connectivity index (χ0) is 12.5. The smallest absolute Gasteiger partial charge is 0.0481 e. The van der Waals surface area contributed by atoms with Crippen LogP contribution in [-0.2, 0) is 0 Å². The van der Waals surface area contributed by atoms with Gasteiger partial charge in [-0.1, -0.05) is 42.7 Å². The predicted octanol–water partition coefficient (Wildman–Crippen LogP) is 2.87. The van der Waals surface area contributed by atoms with Crippen LogP contribution in [0, 0.1) is 6.92 Å². The van der Waals surface area contributed by atoms with Crippen molar-refractivity contribution in [2.45, 2.75) is 44.2 Å². The number of hydrogen-bond acceptors (Lipinski definition) is 2. The van der Waals surface area contributed by atoms with Crippen LogP contribution in [0.15, 0.2) is 24.3 Å². The van der Waals surface area contributed by atoms with Crippen LogP contribution >= 0.6 is 0 Å². The second-order valence-electron chi connectivity index (χ2n) is 5.59. The first-order valence-corrected chi connectivity index (χ1v) is 6.56. The molecule has 2 rings (SSSR count). The molecule has 17 heavy (non-hydrogen) atoms. The van der Waals surface area contributed by atoms with E-state index >= 15 is 0 Å². The van der Waals surface area contributed by atoms with Gasteiger partial charge in [0, 0.05) is 11.6 Å². The van der Waals surface area contributed by atoms with Crippen LogP contribution in [-0.4, -0.2) is 24.5 Å². The van der Waals surface area contributed by atoms with Gasteiger partial charge in [0.1, 0.15) is 0 Å². The van der Waals surface area contributed by atoms with Crippen LogP contribution in [0.1, 0.15) is 42.9 Å². The molecule has 0 aliphatic heterocycles. The zero-order valence-corrected chi connectivity index (χ0v) is 11.2. The van der Waals surface area contributed by atoms with E-state index < -0.39 is 0 Å². The molecule has 2 nitrogen and oxygen atoms in total. The largest absolute Gasteiger partial charge is 0.322 e. The highest BCUT2D eigenvalue weighted by Gasteiger charge is 2.41. The molecule has 0 aromatic heterocycles. The minimum Gasteiger partial charge on any atom is -0.322 e. The Morgan fingerprint density at radius 1 is 1.12 bits per heavy atom. The molecule has 1 fully saturated rings. The molecule has 1 aliphatic rings. The van der Waals surface area contributed by atoms with Crippen LogP contribution in [0.3, 0.4) is 0 Å².